The van der Waals surface area contributed by atoms with Crippen molar-refractivity contribution >= 4 is 5.91 Å². The smallest absolute Gasteiger partial charge is 0.227 e. The fraction of sp³-hybridized carbons (Fsp3) is 0.455. The number of aromatic nitrogens is 3. The van der Waals surface area contributed by atoms with Crippen LogP contribution in [0.25, 0.3) is 11.5 Å². The largest absolute Gasteiger partial charge is 0.464 e. The van der Waals surface area contributed by atoms with Gasteiger partial charge in [-0.05, 0) is 49.4 Å². The molecule has 2 aliphatic carbocycles. The molecule has 2 unspecified atom stereocenters. The Bertz CT molecular complexity index is 992. The van der Waals surface area contributed by atoms with Crippen LogP contribution in [0.1, 0.15) is 55.9 Å². The summed E-state index contributed by atoms with van der Waals surface area (Å²) < 4.78 is 11.3. The summed E-state index contributed by atoms with van der Waals surface area (Å²) >= 11 is 0. The molecule has 1 amide bonds. The van der Waals surface area contributed by atoms with Crippen molar-refractivity contribution in [3.8, 4) is 11.5 Å². The first kappa shape index (κ1) is 18.1. The molecule has 0 spiro atoms. The van der Waals surface area contributed by atoms with E-state index in [-0.39, 0.29) is 5.91 Å². The van der Waals surface area contributed by atoms with Crippen LogP contribution in [-0.4, -0.2) is 32.0 Å². The van der Waals surface area contributed by atoms with E-state index in [2.05, 4.69) is 28.1 Å². The molecule has 2 saturated carbocycles. The fourth-order valence-corrected chi connectivity index (χ4v) is 3.69. The van der Waals surface area contributed by atoms with E-state index in [4.69, 9.17) is 8.94 Å². The van der Waals surface area contributed by atoms with E-state index in [0.29, 0.717) is 54.7 Å². The summed E-state index contributed by atoms with van der Waals surface area (Å²) in [7, 11) is 0. The minimum Gasteiger partial charge on any atom is -0.464 e. The zero-order valence-corrected chi connectivity index (χ0v) is 16.5. The first-order chi connectivity index (χ1) is 14.2. The molecular weight excluding hydrogens is 368 g/mol. The van der Waals surface area contributed by atoms with Gasteiger partial charge in [-0.15, -0.1) is 0 Å². The van der Waals surface area contributed by atoms with Crippen molar-refractivity contribution in [3.63, 3.8) is 0 Å². The van der Waals surface area contributed by atoms with Crippen LogP contribution in [0.5, 0.6) is 0 Å². The topological polar surface area (TPSA) is 85.3 Å². The predicted molar refractivity (Wildman–Crippen MR) is 105 cm³/mol. The number of nitrogens with zero attached hydrogens (tertiary/aromatic N) is 4. The highest BCUT2D eigenvalue weighted by Crippen LogP contribution is 2.47. The lowest BCUT2D eigenvalue weighted by atomic mass is 10.2. The summed E-state index contributed by atoms with van der Waals surface area (Å²) in [5.74, 6) is 4.20. The Morgan fingerprint density at radius 3 is 2.83 bits per heavy atom. The van der Waals surface area contributed by atoms with Gasteiger partial charge < -0.3 is 13.8 Å². The average molecular weight is 392 g/mol. The molecule has 3 heterocycles. The van der Waals surface area contributed by atoms with Crippen LogP contribution < -0.4 is 0 Å². The van der Waals surface area contributed by atoms with E-state index in [0.717, 1.165) is 24.4 Å². The SMILES string of the molecule is CC1CC1c1ccc(CN(C(=O)CCc2nc(-c3ccccn3)no2)C2CC2)o1. The second-order valence-electron chi connectivity index (χ2n) is 8.10. The Morgan fingerprint density at radius 1 is 1.24 bits per heavy atom. The summed E-state index contributed by atoms with van der Waals surface area (Å²) in [6, 6.07) is 9.94. The predicted octanol–water partition coefficient (Wildman–Crippen LogP) is 3.97. The van der Waals surface area contributed by atoms with E-state index in [1.807, 2.05) is 29.2 Å². The Balaban J connectivity index is 1.20. The first-order valence-corrected chi connectivity index (χ1v) is 10.3. The molecular formula is C22H24N4O3. The van der Waals surface area contributed by atoms with E-state index < -0.39 is 0 Å². The second kappa shape index (κ2) is 7.46. The maximum absolute atomic E-state index is 12.9. The number of pyridine rings is 1. The molecule has 3 aromatic rings. The summed E-state index contributed by atoms with van der Waals surface area (Å²) in [5, 5.41) is 3.97. The molecule has 2 fully saturated rings. The third kappa shape index (κ3) is 4.09. The van der Waals surface area contributed by atoms with Crippen molar-refractivity contribution < 1.29 is 13.7 Å². The Hall–Kier alpha value is -2.96. The van der Waals surface area contributed by atoms with Gasteiger partial charge in [0.05, 0.1) is 6.54 Å². The van der Waals surface area contributed by atoms with Gasteiger partial charge >= 0.3 is 0 Å². The molecule has 0 aliphatic heterocycles. The lowest BCUT2D eigenvalue weighted by Gasteiger charge is -2.21. The molecule has 0 saturated heterocycles. The standard InChI is InChI=1S/C22H24N4O3/c1-14-12-17(14)19-8-7-16(28-19)13-26(15-5-6-15)21(27)10-9-20-24-22(25-29-20)18-4-2-3-11-23-18/h2-4,7-8,11,14-15,17H,5-6,9-10,12-13H2,1H3. The van der Waals surface area contributed by atoms with Crippen molar-refractivity contribution in [1.29, 1.82) is 0 Å². The maximum Gasteiger partial charge on any atom is 0.227 e. The fourth-order valence-electron chi connectivity index (χ4n) is 3.69. The minimum atomic E-state index is 0.0998. The zero-order chi connectivity index (χ0) is 19.8. The highest BCUT2D eigenvalue weighted by Gasteiger charge is 2.37. The van der Waals surface area contributed by atoms with Gasteiger partial charge in [0.25, 0.3) is 0 Å². The van der Waals surface area contributed by atoms with Crippen molar-refractivity contribution in [1.82, 2.24) is 20.0 Å². The van der Waals surface area contributed by atoms with Crippen LogP contribution in [0.3, 0.4) is 0 Å². The van der Waals surface area contributed by atoms with E-state index >= 15 is 0 Å². The highest BCUT2D eigenvalue weighted by atomic mass is 16.5. The average Bonchev–Trinajstić information content (AvgIpc) is 3.61. The molecule has 0 aromatic carbocycles. The molecule has 150 valence electrons. The highest BCUT2D eigenvalue weighted by molar-refractivity contribution is 5.77. The van der Waals surface area contributed by atoms with Crippen LogP contribution in [0, 0.1) is 5.92 Å². The zero-order valence-electron chi connectivity index (χ0n) is 16.5. The third-order valence-electron chi connectivity index (χ3n) is 5.71. The third-order valence-corrected chi connectivity index (χ3v) is 5.71. The normalized spacial score (nSPS) is 20.6. The number of amides is 1. The summed E-state index contributed by atoms with van der Waals surface area (Å²) in [6.45, 7) is 2.78. The van der Waals surface area contributed by atoms with E-state index in [1.54, 1.807) is 6.20 Å². The molecule has 7 heteroatoms. The Labute approximate surface area is 169 Å². The molecule has 0 radical (unpaired) electrons. The quantitative estimate of drug-likeness (QED) is 0.577. The summed E-state index contributed by atoms with van der Waals surface area (Å²) in [5.41, 5.74) is 0.659. The van der Waals surface area contributed by atoms with Gasteiger partial charge in [0, 0.05) is 31.0 Å². The van der Waals surface area contributed by atoms with E-state index in [1.165, 1.54) is 6.42 Å². The number of aryl methyl sites for hydroxylation is 1. The molecule has 0 N–H and O–H groups in total. The van der Waals surface area contributed by atoms with Gasteiger partial charge in [-0.1, -0.05) is 18.1 Å². The van der Waals surface area contributed by atoms with Gasteiger partial charge in [0.2, 0.25) is 17.6 Å². The van der Waals surface area contributed by atoms with Gasteiger partial charge in [-0.25, -0.2) is 0 Å². The maximum atomic E-state index is 12.9. The summed E-state index contributed by atoms with van der Waals surface area (Å²) in [6.07, 6.45) is 5.76. The Kier molecular flexibility index (Phi) is 4.66. The van der Waals surface area contributed by atoms with Crippen molar-refractivity contribution in [2.75, 3.05) is 0 Å². The van der Waals surface area contributed by atoms with Crippen LogP contribution in [0.4, 0.5) is 0 Å². The molecule has 29 heavy (non-hydrogen) atoms. The Morgan fingerprint density at radius 2 is 2.10 bits per heavy atom. The first-order valence-electron chi connectivity index (χ1n) is 10.3. The molecule has 7 nitrogen and oxygen atoms in total. The summed E-state index contributed by atoms with van der Waals surface area (Å²) in [4.78, 5) is 23.4. The molecule has 3 aromatic heterocycles. The van der Waals surface area contributed by atoms with Crippen molar-refractivity contribution in [2.45, 2.75) is 57.5 Å². The van der Waals surface area contributed by atoms with Crippen LogP contribution in [0.2, 0.25) is 0 Å². The van der Waals surface area contributed by atoms with Gasteiger partial charge in [-0.3, -0.25) is 9.78 Å². The number of furan rings is 1. The number of hydrogen-bond donors (Lipinski definition) is 0. The number of carbonyl (C=O) groups excluding carboxylic acids is 1. The lowest BCUT2D eigenvalue weighted by Crippen LogP contribution is -2.32. The van der Waals surface area contributed by atoms with Crippen LogP contribution >= 0.6 is 0 Å². The van der Waals surface area contributed by atoms with E-state index in [9.17, 15) is 4.79 Å². The molecule has 2 aliphatic rings. The molecule has 0 bridgehead atoms. The monoisotopic (exact) mass is 392 g/mol. The van der Waals surface area contributed by atoms with Crippen LogP contribution in [-0.2, 0) is 17.8 Å². The van der Waals surface area contributed by atoms with Crippen molar-refractivity contribution in [3.05, 3.63) is 53.9 Å². The van der Waals surface area contributed by atoms with Gasteiger partial charge in [0.15, 0.2) is 0 Å². The molecule has 2 atom stereocenters. The number of rotatable bonds is 8. The second-order valence-corrected chi connectivity index (χ2v) is 8.10. The van der Waals surface area contributed by atoms with Gasteiger partial charge in [0.1, 0.15) is 17.2 Å². The number of carbonyl (C=O) groups is 1. The number of hydrogen-bond acceptors (Lipinski definition) is 6. The van der Waals surface area contributed by atoms with Gasteiger partial charge in [-0.2, -0.15) is 4.98 Å². The van der Waals surface area contributed by atoms with Crippen molar-refractivity contribution in [2.24, 2.45) is 5.92 Å². The lowest BCUT2D eigenvalue weighted by molar-refractivity contribution is -0.132. The van der Waals surface area contributed by atoms with Crippen LogP contribution in [0.15, 0.2) is 45.5 Å². The minimum absolute atomic E-state index is 0.0998. The molecule has 5 rings (SSSR count).